The van der Waals surface area contributed by atoms with Crippen LogP contribution < -0.4 is 20.4 Å². The van der Waals surface area contributed by atoms with Crippen molar-refractivity contribution in [3.05, 3.63) is 24.3 Å². The van der Waals surface area contributed by atoms with Crippen molar-refractivity contribution in [2.24, 2.45) is 0 Å². The summed E-state index contributed by atoms with van der Waals surface area (Å²) in [5.41, 5.74) is 0.847. The predicted octanol–water partition coefficient (Wildman–Crippen LogP) is 0.488. The molecule has 1 aromatic carbocycles. The number of amides is 4. The Morgan fingerprint density at radius 2 is 1.12 bits per heavy atom. The van der Waals surface area contributed by atoms with Gasteiger partial charge in [0.2, 0.25) is 11.8 Å². The van der Waals surface area contributed by atoms with Gasteiger partial charge in [0, 0.05) is 26.3 Å². The standard InChI is InChI=1S/C24H30N4O6/c29-21-11-19(25-13-17-3-1-9-33-17)23(31)27(21)15-5-7-16(8-6-15)28-22(30)12-20(24(28)32)26-14-18-4-2-10-34-18/h5-8,17-20,25-26H,1-4,9-14H2/t17-,18-,19+,20+/m0/s1. The summed E-state index contributed by atoms with van der Waals surface area (Å²) in [5.74, 6) is -1.17. The summed E-state index contributed by atoms with van der Waals surface area (Å²) in [6.45, 7) is 2.54. The number of carbonyl (C=O) groups is 4. The van der Waals surface area contributed by atoms with E-state index in [1.807, 2.05) is 0 Å². The zero-order valence-electron chi connectivity index (χ0n) is 19.0. The topological polar surface area (TPSA) is 117 Å². The molecule has 10 nitrogen and oxygen atoms in total. The van der Waals surface area contributed by atoms with Crippen LogP contribution in [-0.2, 0) is 28.7 Å². The third-order valence-corrected chi connectivity index (χ3v) is 6.89. The van der Waals surface area contributed by atoms with Crippen molar-refractivity contribution in [1.82, 2.24) is 10.6 Å². The lowest BCUT2D eigenvalue weighted by Crippen LogP contribution is -2.42. The summed E-state index contributed by atoms with van der Waals surface area (Å²) in [5, 5.41) is 6.32. The number of hydrogen-bond donors (Lipinski definition) is 2. The Morgan fingerprint density at radius 3 is 1.47 bits per heavy atom. The van der Waals surface area contributed by atoms with Crippen LogP contribution >= 0.6 is 0 Å². The maximum atomic E-state index is 12.9. The SMILES string of the molecule is O=C1C[C@@H](NC[C@@H]2CCCO2)C(=O)N1c1ccc(N2C(=O)C[C@@H](NC[C@@H]3CCCO3)C2=O)cc1. The molecule has 0 spiro atoms. The summed E-state index contributed by atoms with van der Waals surface area (Å²) in [7, 11) is 0. The molecule has 4 atom stereocenters. The lowest BCUT2D eigenvalue weighted by atomic mass is 10.2. The van der Waals surface area contributed by atoms with Crippen molar-refractivity contribution in [2.75, 3.05) is 36.1 Å². The van der Waals surface area contributed by atoms with E-state index in [4.69, 9.17) is 9.47 Å². The molecule has 0 unspecified atom stereocenters. The molecule has 4 aliphatic rings. The van der Waals surface area contributed by atoms with Crippen molar-refractivity contribution in [3.63, 3.8) is 0 Å². The van der Waals surface area contributed by atoms with Crippen LogP contribution in [0.25, 0.3) is 0 Å². The minimum atomic E-state index is -0.575. The lowest BCUT2D eigenvalue weighted by molar-refractivity contribution is -0.123. The molecule has 4 fully saturated rings. The Balaban J connectivity index is 1.20. The quantitative estimate of drug-likeness (QED) is 0.527. The van der Waals surface area contributed by atoms with E-state index in [9.17, 15) is 19.2 Å². The van der Waals surface area contributed by atoms with Crippen LogP contribution in [0.5, 0.6) is 0 Å². The number of nitrogens with one attached hydrogen (secondary N) is 2. The van der Waals surface area contributed by atoms with Gasteiger partial charge in [0.1, 0.15) is 0 Å². The first-order valence-corrected chi connectivity index (χ1v) is 12.0. The van der Waals surface area contributed by atoms with Crippen LogP contribution in [0.4, 0.5) is 11.4 Å². The molecule has 10 heteroatoms. The number of benzene rings is 1. The number of imide groups is 2. The van der Waals surface area contributed by atoms with E-state index in [0.29, 0.717) is 24.5 Å². The molecule has 4 aliphatic heterocycles. The first kappa shape index (κ1) is 23.1. The van der Waals surface area contributed by atoms with Gasteiger partial charge >= 0.3 is 0 Å². The zero-order chi connectivity index (χ0) is 23.7. The predicted molar refractivity (Wildman–Crippen MR) is 122 cm³/mol. The van der Waals surface area contributed by atoms with E-state index < -0.39 is 12.1 Å². The molecule has 4 heterocycles. The molecule has 2 N–H and O–H groups in total. The Labute approximate surface area is 197 Å². The van der Waals surface area contributed by atoms with Crippen molar-refractivity contribution in [3.8, 4) is 0 Å². The molecular formula is C24H30N4O6. The number of ether oxygens (including phenoxy) is 2. The van der Waals surface area contributed by atoms with Crippen LogP contribution in [0.3, 0.4) is 0 Å². The number of nitrogens with zero attached hydrogens (tertiary/aromatic N) is 2. The third-order valence-electron chi connectivity index (χ3n) is 6.89. The smallest absolute Gasteiger partial charge is 0.251 e. The number of hydrogen-bond acceptors (Lipinski definition) is 8. The Kier molecular flexibility index (Phi) is 6.73. The highest BCUT2D eigenvalue weighted by atomic mass is 16.5. The molecule has 4 amide bonds. The fraction of sp³-hybridized carbons (Fsp3) is 0.583. The molecule has 1 aromatic rings. The Bertz CT molecular complexity index is 878. The number of carbonyl (C=O) groups excluding carboxylic acids is 4. The molecule has 34 heavy (non-hydrogen) atoms. The molecule has 0 aliphatic carbocycles. The van der Waals surface area contributed by atoms with Crippen LogP contribution in [0.1, 0.15) is 38.5 Å². The van der Waals surface area contributed by atoms with E-state index >= 15 is 0 Å². The van der Waals surface area contributed by atoms with E-state index in [-0.39, 0.29) is 48.7 Å². The van der Waals surface area contributed by atoms with Crippen molar-refractivity contribution in [2.45, 2.75) is 62.8 Å². The van der Waals surface area contributed by atoms with Gasteiger partial charge in [-0.25, -0.2) is 9.80 Å². The average Bonchev–Trinajstić information content (AvgIpc) is 3.61. The number of rotatable bonds is 8. The maximum Gasteiger partial charge on any atom is 0.251 e. The lowest BCUT2D eigenvalue weighted by Gasteiger charge is -2.19. The number of anilines is 2. The maximum absolute atomic E-state index is 12.9. The van der Waals surface area contributed by atoms with Crippen LogP contribution in [0.15, 0.2) is 24.3 Å². The molecular weight excluding hydrogens is 440 g/mol. The van der Waals surface area contributed by atoms with Crippen molar-refractivity contribution in [1.29, 1.82) is 0 Å². The normalized spacial score (nSPS) is 29.8. The van der Waals surface area contributed by atoms with E-state index in [0.717, 1.165) is 48.7 Å². The molecule has 0 aromatic heterocycles. The molecule has 0 saturated carbocycles. The summed E-state index contributed by atoms with van der Waals surface area (Å²) >= 11 is 0. The first-order chi connectivity index (χ1) is 16.5. The summed E-state index contributed by atoms with van der Waals surface area (Å²) in [6.07, 6.45) is 4.26. The third kappa shape index (κ3) is 4.63. The fourth-order valence-corrected chi connectivity index (χ4v) is 5.03. The highest BCUT2D eigenvalue weighted by Crippen LogP contribution is 2.29. The van der Waals surface area contributed by atoms with Gasteiger partial charge in [-0.2, -0.15) is 0 Å². The van der Waals surface area contributed by atoms with Gasteiger partial charge in [-0.3, -0.25) is 19.2 Å². The van der Waals surface area contributed by atoms with Gasteiger partial charge in [0.25, 0.3) is 11.8 Å². The molecule has 0 bridgehead atoms. The fourth-order valence-electron chi connectivity index (χ4n) is 5.03. The largest absolute Gasteiger partial charge is 0.377 e. The molecule has 182 valence electrons. The summed E-state index contributed by atoms with van der Waals surface area (Å²) < 4.78 is 11.1. The second-order valence-corrected chi connectivity index (χ2v) is 9.25. The minimum Gasteiger partial charge on any atom is -0.377 e. The van der Waals surface area contributed by atoms with Crippen molar-refractivity contribution < 1.29 is 28.7 Å². The van der Waals surface area contributed by atoms with Gasteiger partial charge in [0.05, 0.1) is 48.5 Å². The second-order valence-electron chi connectivity index (χ2n) is 9.25. The van der Waals surface area contributed by atoms with Crippen LogP contribution in [-0.4, -0.2) is 74.2 Å². The minimum absolute atomic E-state index is 0.0794. The Hall–Kier alpha value is -2.66. The first-order valence-electron chi connectivity index (χ1n) is 12.0. The molecule has 0 radical (unpaired) electrons. The zero-order valence-corrected chi connectivity index (χ0v) is 19.0. The van der Waals surface area contributed by atoms with Crippen molar-refractivity contribution >= 4 is 35.0 Å². The monoisotopic (exact) mass is 470 g/mol. The van der Waals surface area contributed by atoms with Gasteiger partial charge in [-0.15, -0.1) is 0 Å². The van der Waals surface area contributed by atoms with E-state index in [1.54, 1.807) is 24.3 Å². The van der Waals surface area contributed by atoms with E-state index in [1.165, 1.54) is 0 Å². The van der Waals surface area contributed by atoms with Crippen LogP contribution in [0.2, 0.25) is 0 Å². The highest BCUT2D eigenvalue weighted by Gasteiger charge is 2.41. The summed E-state index contributed by atoms with van der Waals surface area (Å²) in [4.78, 5) is 53.2. The highest BCUT2D eigenvalue weighted by molar-refractivity contribution is 6.24. The van der Waals surface area contributed by atoms with E-state index in [2.05, 4.69) is 10.6 Å². The molecule has 4 saturated heterocycles. The van der Waals surface area contributed by atoms with Crippen LogP contribution in [0, 0.1) is 0 Å². The van der Waals surface area contributed by atoms with Gasteiger partial charge in [-0.1, -0.05) is 0 Å². The van der Waals surface area contributed by atoms with Gasteiger partial charge in [-0.05, 0) is 49.9 Å². The average molecular weight is 471 g/mol. The molecule has 5 rings (SSSR count). The Morgan fingerprint density at radius 1 is 0.706 bits per heavy atom. The summed E-state index contributed by atoms with van der Waals surface area (Å²) in [6, 6.07) is 5.24. The van der Waals surface area contributed by atoms with Gasteiger partial charge in [0.15, 0.2) is 0 Å². The van der Waals surface area contributed by atoms with Gasteiger partial charge < -0.3 is 20.1 Å². The second kappa shape index (κ2) is 9.91.